The van der Waals surface area contributed by atoms with Crippen LogP contribution in [0.5, 0.6) is 0 Å². The van der Waals surface area contributed by atoms with Crippen LogP contribution in [0.2, 0.25) is 0 Å². The Morgan fingerprint density at radius 3 is 2.48 bits per heavy atom. The number of benzene rings is 1. The molecule has 3 atom stereocenters. The number of aliphatic hydroxyl groups is 1. The molecule has 1 aliphatic rings. The summed E-state index contributed by atoms with van der Waals surface area (Å²) < 4.78 is 0. The minimum Gasteiger partial charge on any atom is -0.387 e. The zero-order valence-corrected chi connectivity index (χ0v) is 13.9. The Hall–Kier alpha value is -0.900. The van der Waals surface area contributed by atoms with Gasteiger partial charge in [-0.1, -0.05) is 44.2 Å². The maximum absolute atomic E-state index is 10.8. The average Bonchev–Trinajstić information content (AvgIpc) is 2.85. The maximum atomic E-state index is 10.8. The van der Waals surface area contributed by atoms with Crippen molar-refractivity contribution in [3.8, 4) is 0 Å². The number of hydrogen-bond donors (Lipinski definition) is 1. The van der Waals surface area contributed by atoms with Gasteiger partial charge in [0, 0.05) is 18.6 Å². The van der Waals surface area contributed by atoms with E-state index in [1.54, 1.807) is 0 Å². The molecule has 0 spiro atoms. The van der Waals surface area contributed by atoms with Gasteiger partial charge in [0.15, 0.2) is 0 Å². The van der Waals surface area contributed by atoms with Crippen LogP contribution in [0.3, 0.4) is 0 Å². The van der Waals surface area contributed by atoms with Crippen molar-refractivity contribution < 1.29 is 5.11 Å². The van der Waals surface area contributed by atoms with E-state index in [1.165, 1.54) is 19.4 Å². The van der Waals surface area contributed by atoms with Gasteiger partial charge in [-0.05, 0) is 45.0 Å². The highest BCUT2D eigenvalue weighted by atomic mass is 16.3. The zero-order chi connectivity index (χ0) is 15.4. The highest BCUT2D eigenvalue weighted by Gasteiger charge is 2.31. The van der Waals surface area contributed by atoms with Gasteiger partial charge in [0.05, 0.1) is 6.10 Å². The molecule has 21 heavy (non-hydrogen) atoms. The Morgan fingerprint density at radius 2 is 1.95 bits per heavy atom. The zero-order valence-electron chi connectivity index (χ0n) is 13.9. The van der Waals surface area contributed by atoms with E-state index in [4.69, 9.17) is 0 Å². The van der Waals surface area contributed by atoms with E-state index >= 15 is 0 Å². The molecule has 0 bridgehead atoms. The minimum atomic E-state index is -0.428. The maximum Gasteiger partial charge on any atom is 0.0947 e. The first kappa shape index (κ1) is 16.5. The fourth-order valence-corrected chi connectivity index (χ4v) is 3.63. The van der Waals surface area contributed by atoms with Crippen molar-refractivity contribution in [1.82, 2.24) is 9.80 Å². The van der Waals surface area contributed by atoms with E-state index in [2.05, 4.69) is 37.7 Å². The van der Waals surface area contributed by atoms with Crippen LogP contribution < -0.4 is 0 Å². The van der Waals surface area contributed by atoms with E-state index in [-0.39, 0.29) is 6.04 Å². The molecule has 1 heterocycles. The summed E-state index contributed by atoms with van der Waals surface area (Å²) in [6.07, 6.45) is 2.14. The van der Waals surface area contributed by atoms with Crippen molar-refractivity contribution in [3.63, 3.8) is 0 Å². The van der Waals surface area contributed by atoms with E-state index in [1.807, 2.05) is 30.3 Å². The summed E-state index contributed by atoms with van der Waals surface area (Å²) in [5.41, 5.74) is 1.02. The first-order valence-electron chi connectivity index (χ1n) is 8.14. The Labute approximate surface area is 129 Å². The largest absolute Gasteiger partial charge is 0.387 e. The molecule has 3 nitrogen and oxygen atoms in total. The number of rotatable bonds is 6. The van der Waals surface area contributed by atoms with Crippen LogP contribution >= 0.6 is 0 Å². The van der Waals surface area contributed by atoms with Crippen LogP contribution in [0, 0.1) is 5.92 Å². The number of likely N-dealkylation sites (N-methyl/N-ethyl adjacent to an activating group) is 2. The van der Waals surface area contributed by atoms with Crippen molar-refractivity contribution >= 4 is 0 Å². The summed E-state index contributed by atoms with van der Waals surface area (Å²) in [7, 11) is 4.37. The van der Waals surface area contributed by atoms with Crippen molar-refractivity contribution in [2.24, 2.45) is 5.92 Å². The van der Waals surface area contributed by atoms with Crippen LogP contribution in [0.1, 0.15) is 38.4 Å². The number of aliphatic hydroxyl groups excluding tert-OH is 1. The predicted molar refractivity (Wildman–Crippen MR) is 88.3 cm³/mol. The molecule has 1 N–H and O–H groups in total. The summed E-state index contributed by atoms with van der Waals surface area (Å²) in [6, 6.07) is 10.8. The van der Waals surface area contributed by atoms with Gasteiger partial charge < -0.3 is 10.0 Å². The highest BCUT2D eigenvalue weighted by molar-refractivity contribution is 5.19. The number of hydrogen-bond acceptors (Lipinski definition) is 3. The van der Waals surface area contributed by atoms with Gasteiger partial charge in [-0.2, -0.15) is 0 Å². The minimum absolute atomic E-state index is 0.154. The standard InChI is InChI=1S/C18H30N2O/c1-14(2)17(18(21)15-9-6-5-7-10-15)20(4)13-16-11-8-12-19(16)3/h5-7,9-10,14,16-18,21H,8,11-13H2,1-4H3. The lowest BCUT2D eigenvalue weighted by molar-refractivity contribution is 0.0267. The molecule has 1 saturated heterocycles. The van der Waals surface area contributed by atoms with Crippen LogP contribution in [0.15, 0.2) is 30.3 Å². The first-order chi connectivity index (χ1) is 10.0. The average molecular weight is 290 g/mol. The number of likely N-dealkylation sites (tertiary alicyclic amines) is 1. The second-order valence-electron chi connectivity index (χ2n) is 6.81. The molecule has 0 radical (unpaired) electrons. The summed E-state index contributed by atoms with van der Waals surface area (Å²) >= 11 is 0. The van der Waals surface area contributed by atoms with Gasteiger partial charge in [0.1, 0.15) is 0 Å². The van der Waals surface area contributed by atoms with Crippen LogP contribution in [0.4, 0.5) is 0 Å². The third-order valence-electron chi connectivity index (χ3n) is 4.83. The lowest BCUT2D eigenvalue weighted by Gasteiger charge is -2.37. The topological polar surface area (TPSA) is 26.7 Å². The fraction of sp³-hybridized carbons (Fsp3) is 0.667. The van der Waals surface area contributed by atoms with E-state index in [9.17, 15) is 5.11 Å². The third kappa shape index (κ3) is 4.06. The molecule has 118 valence electrons. The molecule has 2 rings (SSSR count). The lowest BCUT2D eigenvalue weighted by Crippen LogP contribution is -2.46. The molecule has 3 heteroatoms. The fourth-order valence-electron chi connectivity index (χ4n) is 3.63. The molecular weight excluding hydrogens is 260 g/mol. The molecule has 1 fully saturated rings. The molecule has 1 aromatic rings. The molecule has 0 saturated carbocycles. The smallest absolute Gasteiger partial charge is 0.0947 e. The Morgan fingerprint density at radius 1 is 1.29 bits per heavy atom. The van der Waals surface area contributed by atoms with Crippen molar-refractivity contribution in [1.29, 1.82) is 0 Å². The van der Waals surface area contributed by atoms with Crippen molar-refractivity contribution in [3.05, 3.63) is 35.9 Å². The summed E-state index contributed by atoms with van der Waals surface area (Å²) in [6.45, 7) is 6.63. The van der Waals surface area contributed by atoms with Gasteiger partial charge in [-0.15, -0.1) is 0 Å². The van der Waals surface area contributed by atoms with Crippen LogP contribution in [0.25, 0.3) is 0 Å². The molecule has 1 aromatic carbocycles. The van der Waals surface area contributed by atoms with Gasteiger partial charge in [0.25, 0.3) is 0 Å². The monoisotopic (exact) mass is 290 g/mol. The van der Waals surface area contributed by atoms with Crippen molar-refractivity contribution in [2.45, 2.75) is 44.9 Å². The first-order valence-corrected chi connectivity index (χ1v) is 8.14. The van der Waals surface area contributed by atoms with Crippen LogP contribution in [-0.2, 0) is 0 Å². The quantitative estimate of drug-likeness (QED) is 0.873. The Balaban J connectivity index is 2.07. The second kappa shape index (κ2) is 7.39. The Kier molecular flexibility index (Phi) is 5.80. The SMILES string of the molecule is CC(C)C(C(O)c1ccccc1)N(C)CC1CCCN1C. The molecule has 0 amide bonds. The van der Waals surface area contributed by atoms with Gasteiger partial charge in [0.2, 0.25) is 0 Å². The van der Waals surface area contributed by atoms with E-state index in [0.29, 0.717) is 12.0 Å². The summed E-state index contributed by atoms with van der Waals surface area (Å²) in [5.74, 6) is 0.414. The van der Waals surface area contributed by atoms with Gasteiger partial charge in [-0.3, -0.25) is 4.90 Å². The Bertz CT molecular complexity index is 420. The van der Waals surface area contributed by atoms with Crippen LogP contribution in [-0.4, -0.2) is 54.2 Å². The second-order valence-corrected chi connectivity index (χ2v) is 6.81. The molecule has 0 aliphatic carbocycles. The lowest BCUT2D eigenvalue weighted by atomic mass is 9.92. The molecule has 0 aromatic heterocycles. The summed E-state index contributed by atoms with van der Waals surface area (Å²) in [4.78, 5) is 4.80. The third-order valence-corrected chi connectivity index (χ3v) is 4.83. The normalized spacial score (nSPS) is 22.9. The van der Waals surface area contributed by atoms with Gasteiger partial charge >= 0.3 is 0 Å². The van der Waals surface area contributed by atoms with E-state index in [0.717, 1.165) is 12.1 Å². The molecular formula is C18H30N2O. The predicted octanol–water partition coefficient (Wildman–Crippen LogP) is 2.77. The van der Waals surface area contributed by atoms with Crippen molar-refractivity contribution in [2.75, 3.05) is 27.2 Å². The van der Waals surface area contributed by atoms with E-state index < -0.39 is 6.10 Å². The van der Waals surface area contributed by atoms with Gasteiger partial charge in [-0.25, -0.2) is 0 Å². The highest BCUT2D eigenvalue weighted by Crippen LogP contribution is 2.27. The molecule has 3 unspecified atom stereocenters. The molecule has 1 aliphatic heterocycles. The summed E-state index contributed by atoms with van der Waals surface area (Å²) in [5, 5.41) is 10.8. The number of nitrogens with zero attached hydrogens (tertiary/aromatic N) is 2.